The summed E-state index contributed by atoms with van der Waals surface area (Å²) in [6, 6.07) is 0. The zero-order valence-corrected chi connectivity index (χ0v) is 8.34. The minimum Gasteiger partial charge on any atom is -0.316 e. The molecule has 1 heterocycles. The Morgan fingerprint density at radius 1 is 1.08 bits per heavy atom. The molecule has 1 N–H and O–H groups in total. The lowest BCUT2D eigenvalue weighted by atomic mass is 9.65. The van der Waals surface area contributed by atoms with Crippen LogP contribution < -0.4 is 5.32 Å². The Morgan fingerprint density at radius 3 is 2.08 bits per heavy atom. The molecule has 1 heteroatoms. The van der Waals surface area contributed by atoms with Gasteiger partial charge in [-0.1, -0.05) is 20.3 Å². The summed E-state index contributed by atoms with van der Waals surface area (Å²) in [5.74, 6) is 3.93. The van der Waals surface area contributed by atoms with E-state index in [9.17, 15) is 0 Å². The summed E-state index contributed by atoms with van der Waals surface area (Å²) in [7, 11) is 0. The lowest BCUT2D eigenvalue weighted by Gasteiger charge is -2.45. The summed E-state index contributed by atoms with van der Waals surface area (Å²) in [6.07, 6.45) is 4.44. The predicted octanol–water partition coefficient (Wildman–Crippen LogP) is 2.28. The normalized spacial score (nSPS) is 41.8. The standard InChI is InChI=1S/C11H21N/c1-8(2)11-9-4-3-5-10(11)7-12-6-9/h8-12H,3-7H2,1-2H3. The highest BCUT2D eigenvalue weighted by atomic mass is 14.9. The summed E-state index contributed by atoms with van der Waals surface area (Å²) < 4.78 is 0. The molecule has 2 rings (SSSR count). The van der Waals surface area contributed by atoms with Crippen LogP contribution in [0.25, 0.3) is 0 Å². The number of piperidine rings is 1. The third kappa shape index (κ3) is 1.39. The topological polar surface area (TPSA) is 12.0 Å². The third-order valence-corrected chi connectivity index (χ3v) is 3.82. The molecule has 2 bridgehead atoms. The van der Waals surface area contributed by atoms with E-state index in [0.29, 0.717) is 0 Å². The molecule has 1 saturated heterocycles. The monoisotopic (exact) mass is 167 g/mol. The molecule has 2 fully saturated rings. The van der Waals surface area contributed by atoms with Gasteiger partial charge in [0.05, 0.1) is 0 Å². The van der Waals surface area contributed by atoms with Crippen molar-refractivity contribution in [2.75, 3.05) is 13.1 Å². The molecule has 2 atom stereocenters. The van der Waals surface area contributed by atoms with Crippen molar-refractivity contribution in [3.63, 3.8) is 0 Å². The van der Waals surface area contributed by atoms with Crippen molar-refractivity contribution in [3.8, 4) is 0 Å². The average molecular weight is 167 g/mol. The van der Waals surface area contributed by atoms with Gasteiger partial charge in [0.1, 0.15) is 0 Å². The predicted molar refractivity (Wildman–Crippen MR) is 52.0 cm³/mol. The van der Waals surface area contributed by atoms with Gasteiger partial charge in [-0.25, -0.2) is 0 Å². The number of hydrogen-bond donors (Lipinski definition) is 1. The first-order valence-electron chi connectivity index (χ1n) is 5.49. The van der Waals surface area contributed by atoms with Gasteiger partial charge in [0.15, 0.2) is 0 Å². The van der Waals surface area contributed by atoms with Crippen LogP contribution in [0.5, 0.6) is 0 Å². The molecule has 1 aliphatic heterocycles. The molecule has 1 saturated carbocycles. The van der Waals surface area contributed by atoms with E-state index in [1.54, 1.807) is 0 Å². The van der Waals surface area contributed by atoms with Crippen LogP contribution in [0.1, 0.15) is 33.1 Å². The van der Waals surface area contributed by atoms with Gasteiger partial charge in [-0.05, 0) is 49.6 Å². The molecule has 0 aromatic heterocycles. The number of hydrogen-bond acceptors (Lipinski definition) is 1. The van der Waals surface area contributed by atoms with Crippen molar-refractivity contribution >= 4 is 0 Å². The lowest BCUT2D eigenvalue weighted by molar-refractivity contribution is 0.0708. The van der Waals surface area contributed by atoms with Crippen LogP contribution in [-0.2, 0) is 0 Å². The molecule has 70 valence electrons. The van der Waals surface area contributed by atoms with Gasteiger partial charge in [0, 0.05) is 0 Å². The van der Waals surface area contributed by atoms with Gasteiger partial charge < -0.3 is 5.32 Å². The molecule has 0 radical (unpaired) electrons. The molecule has 2 unspecified atom stereocenters. The maximum absolute atomic E-state index is 3.57. The van der Waals surface area contributed by atoms with Crippen molar-refractivity contribution in [2.45, 2.75) is 33.1 Å². The Morgan fingerprint density at radius 2 is 1.67 bits per heavy atom. The number of nitrogens with one attached hydrogen (secondary N) is 1. The molecule has 1 nitrogen and oxygen atoms in total. The summed E-state index contributed by atoms with van der Waals surface area (Å²) >= 11 is 0. The molecule has 0 aromatic carbocycles. The molecule has 1 aliphatic carbocycles. The molecular weight excluding hydrogens is 146 g/mol. The van der Waals surface area contributed by atoms with Crippen molar-refractivity contribution in [1.29, 1.82) is 0 Å². The van der Waals surface area contributed by atoms with E-state index >= 15 is 0 Å². The van der Waals surface area contributed by atoms with Crippen LogP contribution in [0, 0.1) is 23.7 Å². The largest absolute Gasteiger partial charge is 0.316 e. The van der Waals surface area contributed by atoms with Gasteiger partial charge in [-0.2, -0.15) is 0 Å². The number of rotatable bonds is 1. The quantitative estimate of drug-likeness (QED) is 0.632. The van der Waals surface area contributed by atoms with Crippen LogP contribution in [0.15, 0.2) is 0 Å². The molecule has 0 amide bonds. The first-order chi connectivity index (χ1) is 5.79. The van der Waals surface area contributed by atoms with Crippen LogP contribution in [0.4, 0.5) is 0 Å². The van der Waals surface area contributed by atoms with Gasteiger partial charge in [0.2, 0.25) is 0 Å². The highest BCUT2D eigenvalue weighted by Crippen LogP contribution is 2.40. The zero-order valence-electron chi connectivity index (χ0n) is 8.34. The Kier molecular flexibility index (Phi) is 2.40. The van der Waals surface area contributed by atoms with Gasteiger partial charge >= 0.3 is 0 Å². The second-order valence-corrected chi connectivity index (χ2v) is 4.93. The maximum Gasteiger partial charge on any atom is -0.00175 e. The summed E-state index contributed by atoms with van der Waals surface area (Å²) in [6.45, 7) is 7.39. The highest BCUT2D eigenvalue weighted by Gasteiger charge is 2.37. The van der Waals surface area contributed by atoms with Gasteiger partial charge in [-0.3, -0.25) is 0 Å². The van der Waals surface area contributed by atoms with Crippen LogP contribution >= 0.6 is 0 Å². The van der Waals surface area contributed by atoms with E-state index < -0.39 is 0 Å². The van der Waals surface area contributed by atoms with Crippen LogP contribution in [0.2, 0.25) is 0 Å². The zero-order chi connectivity index (χ0) is 8.55. The molecular formula is C11H21N. The van der Waals surface area contributed by atoms with E-state index in [2.05, 4.69) is 19.2 Å². The highest BCUT2D eigenvalue weighted by molar-refractivity contribution is 4.89. The van der Waals surface area contributed by atoms with Crippen molar-refractivity contribution in [2.24, 2.45) is 23.7 Å². The van der Waals surface area contributed by atoms with Gasteiger partial charge in [0.25, 0.3) is 0 Å². The van der Waals surface area contributed by atoms with Crippen LogP contribution in [0.3, 0.4) is 0 Å². The van der Waals surface area contributed by atoms with E-state index in [1.807, 2.05) is 0 Å². The first kappa shape index (κ1) is 8.55. The van der Waals surface area contributed by atoms with E-state index in [1.165, 1.54) is 32.4 Å². The second-order valence-electron chi connectivity index (χ2n) is 4.93. The fraction of sp³-hybridized carbons (Fsp3) is 1.00. The minimum absolute atomic E-state index is 0.905. The molecule has 2 aliphatic rings. The minimum atomic E-state index is 0.905. The van der Waals surface area contributed by atoms with E-state index in [0.717, 1.165) is 23.7 Å². The molecule has 0 aromatic rings. The van der Waals surface area contributed by atoms with E-state index in [-0.39, 0.29) is 0 Å². The second kappa shape index (κ2) is 3.37. The summed E-state index contributed by atoms with van der Waals surface area (Å²) in [5, 5.41) is 3.57. The fourth-order valence-electron chi connectivity index (χ4n) is 3.43. The average Bonchev–Trinajstić information content (AvgIpc) is 2.02. The molecule has 0 spiro atoms. The SMILES string of the molecule is CC(C)C1C2CCCC1CNC2. The molecule has 12 heavy (non-hydrogen) atoms. The Balaban J connectivity index is 2.08. The maximum atomic E-state index is 3.57. The third-order valence-electron chi connectivity index (χ3n) is 3.82. The fourth-order valence-corrected chi connectivity index (χ4v) is 3.43. The van der Waals surface area contributed by atoms with Crippen LogP contribution in [-0.4, -0.2) is 13.1 Å². The van der Waals surface area contributed by atoms with Gasteiger partial charge in [-0.15, -0.1) is 0 Å². The summed E-state index contributed by atoms with van der Waals surface area (Å²) in [5.41, 5.74) is 0. The van der Waals surface area contributed by atoms with E-state index in [4.69, 9.17) is 0 Å². The number of fused-ring (bicyclic) bond motifs is 2. The van der Waals surface area contributed by atoms with Crippen molar-refractivity contribution in [1.82, 2.24) is 5.32 Å². The smallest absolute Gasteiger partial charge is 0.00175 e. The van der Waals surface area contributed by atoms with Crippen molar-refractivity contribution in [3.05, 3.63) is 0 Å². The Hall–Kier alpha value is -0.0400. The summed E-state index contributed by atoms with van der Waals surface area (Å²) in [4.78, 5) is 0. The lowest BCUT2D eigenvalue weighted by Crippen LogP contribution is -2.47. The Bertz CT molecular complexity index is 131. The Labute approximate surface area is 75.9 Å². The first-order valence-corrected chi connectivity index (χ1v) is 5.49. The van der Waals surface area contributed by atoms with Crippen molar-refractivity contribution < 1.29 is 0 Å².